The van der Waals surface area contributed by atoms with Crippen molar-refractivity contribution < 1.29 is 14.3 Å². The monoisotopic (exact) mass is 302 g/mol. The summed E-state index contributed by atoms with van der Waals surface area (Å²) in [5.41, 5.74) is 7.63. The van der Waals surface area contributed by atoms with E-state index in [0.717, 1.165) is 37.0 Å². The van der Waals surface area contributed by atoms with Gasteiger partial charge in [0.1, 0.15) is 6.61 Å². The average Bonchev–Trinajstić information content (AvgIpc) is 2.51. The zero-order valence-electron chi connectivity index (χ0n) is 12.8. The maximum absolute atomic E-state index is 11.6. The Kier molecular flexibility index (Phi) is 7.47. The summed E-state index contributed by atoms with van der Waals surface area (Å²) < 4.78 is 5.00. The lowest BCUT2D eigenvalue weighted by Gasteiger charge is -2.05. The summed E-state index contributed by atoms with van der Waals surface area (Å²) in [5, 5.41) is 2.61. The van der Waals surface area contributed by atoms with Gasteiger partial charge in [0.05, 0.1) is 0 Å². The van der Waals surface area contributed by atoms with Gasteiger partial charge in [-0.1, -0.05) is 19.9 Å². The molecule has 0 heterocycles. The van der Waals surface area contributed by atoms with Crippen LogP contribution >= 0.6 is 0 Å². The van der Waals surface area contributed by atoms with Gasteiger partial charge < -0.3 is 15.8 Å². The molecule has 0 bridgehead atoms. The number of anilines is 2. The third kappa shape index (κ3) is 7.28. The molecule has 5 nitrogen and oxygen atoms in total. The normalized spacial score (nSPS) is 10.4. The summed E-state index contributed by atoms with van der Waals surface area (Å²) >= 11 is 0. The van der Waals surface area contributed by atoms with Gasteiger partial charge >= 0.3 is 5.97 Å². The molecule has 0 radical (unpaired) electrons. The minimum absolute atomic E-state index is 0.183. The molecule has 22 heavy (non-hydrogen) atoms. The van der Waals surface area contributed by atoms with E-state index in [-0.39, 0.29) is 6.61 Å². The van der Waals surface area contributed by atoms with Crippen molar-refractivity contribution in [1.82, 2.24) is 0 Å². The molecular formula is C17H22N2O3. The number of ether oxygens (including phenoxy) is 1. The summed E-state index contributed by atoms with van der Waals surface area (Å²) in [4.78, 5) is 23.1. The van der Waals surface area contributed by atoms with E-state index in [1.807, 2.05) is 0 Å². The van der Waals surface area contributed by atoms with E-state index in [9.17, 15) is 9.59 Å². The number of nitrogens with two attached hydrogens (primary N) is 1. The van der Waals surface area contributed by atoms with Crippen molar-refractivity contribution in [3.63, 3.8) is 0 Å². The molecule has 1 aromatic carbocycles. The van der Waals surface area contributed by atoms with Crippen LogP contribution in [-0.4, -0.2) is 18.5 Å². The van der Waals surface area contributed by atoms with E-state index < -0.39 is 11.9 Å². The van der Waals surface area contributed by atoms with Crippen LogP contribution in [0.25, 0.3) is 0 Å². The fraction of sp³-hybridized carbons (Fsp3) is 0.294. The molecule has 5 heteroatoms. The Morgan fingerprint density at radius 3 is 2.59 bits per heavy atom. The van der Waals surface area contributed by atoms with Gasteiger partial charge in [0.15, 0.2) is 0 Å². The van der Waals surface area contributed by atoms with Gasteiger partial charge in [0, 0.05) is 23.5 Å². The zero-order valence-corrected chi connectivity index (χ0v) is 12.8. The topological polar surface area (TPSA) is 81.4 Å². The average molecular weight is 302 g/mol. The predicted octanol–water partition coefficient (Wildman–Crippen LogP) is 3.05. The third-order valence-electron chi connectivity index (χ3n) is 2.85. The summed E-state index contributed by atoms with van der Waals surface area (Å²) in [6.07, 6.45) is 5.16. The van der Waals surface area contributed by atoms with Crippen LogP contribution in [0, 0.1) is 0 Å². The Hall–Kier alpha value is -2.56. The van der Waals surface area contributed by atoms with Crippen LogP contribution in [0.2, 0.25) is 0 Å². The molecule has 118 valence electrons. The number of hydrogen-bond acceptors (Lipinski definition) is 4. The molecular weight excluding hydrogens is 280 g/mol. The van der Waals surface area contributed by atoms with E-state index >= 15 is 0 Å². The van der Waals surface area contributed by atoms with Gasteiger partial charge in [-0.05, 0) is 42.7 Å². The van der Waals surface area contributed by atoms with Crippen LogP contribution in [0.3, 0.4) is 0 Å². The Balaban J connectivity index is 2.33. The molecule has 0 aliphatic carbocycles. The second kappa shape index (κ2) is 9.39. The molecule has 0 aliphatic rings. The molecule has 0 saturated carbocycles. The lowest BCUT2D eigenvalue weighted by atomic mass is 10.1. The maximum Gasteiger partial charge on any atom is 0.331 e. The van der Waals surface area contributed by atoms with E-state index in [2.05, 4.69) is 18.8 Å². The standard InChI is InChI=1S/C17H22N2O3/c1-3-4-5-13(2)12-22-17(21)11-10-16(20)19-15-8-6-14(18)7-9-15/h6-11H,2-5,12,18H2,1H3,(H,19,20)/b11-10-. The van der Waals surface area contributed by atoms with Crippen molar-refractivity contribution in [3.05, 3.63) is 48.6 Å². The van der Waals surface area contributed by atoms with Gasteiger partial charge in [0.2, 0.25) is 5.91 Å². The van der Waals surface area contributed by atoms with E-state index in [4.69, 9.17) is 10.5 Å². The van der Waals surface area contributed by atoms with Gasteiger partial charge in [-0.15, -0.1) is 0 Å². The van der Waals surface area contributed by atoms with Gasteiger partial charge in [-0.3, -0.25) is 4.79 Å². The highest BCUT2D eigenvalue weighted by Crippen LogP contribution is 2.10. The van der Waals surface area contributed by atoms with Crippen molar-refractivity contribution in [2.45, 2.75) is 26.2 Å². The highest BCUT2D eigenvalue weighted by Gasteiger charge is 2.02. The first-order valence-corrected chi connectivity index (χ1v) is 7.19. The number of benzene rings is 1. The SMILES string of the molecule is C=C(CCCC)COC(=O)/C=C\C(=O)Nc1ccc(N)cc1. The molecule has 0 aromatic heterocycles. The molecule has 0 aliphatic heterocycles. The van der Waals surface area contributed by atoms with Crippen molar-refractivity contribution >= 4 is 23.3 Å². The quantitative estimate of drug-likeness (QED) is 0.335. The van der Waals surface area contributed by atoms with Crippen LogP contribution in [0.1, 0.15) is 26.2 Å². The number of nitrogens with one attached hydrogen (secondary N) is 1. The molecule has 1 amide bonds. The highest BCUT2D eigenvalue weighted by molar-refractivity contribution is 6.02. The number of nitrogen functional groups attached to an aromatic ring is 1. The number of hydrogen-bond donors (Lipinski definition) is 2. The van der Waals surface area contributed by atoms with Crippen LogP contribution in [0.5, 0.6) is 0 Å². The number of carbonyl (C=O) groups is 2. The summed E-state index contributed by atoms with van der Waals surface area (Å²) in [5.74, 6) is -0.975. The second-order valence-electron chi connectivity index (χ2n) is 4.91. The first-order chi connectivity index (χ1) is 10.5. The molecule has 0 saturated heterocycles. The van der Waals surface area contributed by atoms with Crippen LogP contribution in [-0.2, 0) is 14.3 Å². The third-order valence-corrected chi connectivity index (χ3v) is 2.85. The fourth-order valence-electron chi connectivity index (χ4n) is 1.61. The van der Waals surface area contributed by atoms with Crippen molar-refractivity contribution in [3.8, 4) is 0 Å². The number of esters is 1. The summed E-state index contributed by atoms with van der Waals surface area (Å²) in [6, 6.07) is 6.71. The van der Waals surface area contributed by atoms with Crippen molar-refractivity contribution in [2.75, 3.05) is 17.7 Å². The molecule has 1 aromatic rings. The number of amides is 1. The largest absolute Gasteiger partial charge is 0.458 e. The molecule has 0 unspecified atom stereocenters. The van der Waals surface area contributed by atoms with E-state index in [1.165, 1.54) is 0 Å². The van der Waals surface area contributed by atoms with Crippen LogP contribution < -0.4 is 11.1 Å². The van der Waals surface area contributed by atoms with Gasteiger partial charge in [-0.2, -0.15) is 0 Å². The lowest BCUT2D eigenvalue weighted by Crippen LogP contribution is -2.10. The summed E-state index contributed by atoms with van der Waals surface area (Å²) in [6.45, 7) is 6.10. The molecule has 0 spiro atoms. The Morgan fingerprint density at radius 2 is 1.95 bits per heavy atom. The van der Waals surface area contributed by atoms with E-state index in [0.29, 0.717) is 11.4 Å². The number of carbonyl (C=O) groups excluding carboxylic acids is 2. The van der Waals surface area contributed by atoms with Crippen LogP contribution in [0.15, 0.2) is 48.6 Å². The fourth-order valence-corrected chi connectivity index (χ4v) is 1.61. The Bertz CT molecular complexity index is 548. The Labute approximate surface area is 130 Å². The lowest BCUT2D eigenvalue weighted by molar-refractivity contribution is -0.137. The maximum atomic E-state index is 11.6. The minimum atomic E-state index is -0.565. The van der Waals surface area contributed by atoms with E-state index in [1.54, 1.807) is 24.3 Å². The van der Waals surface area contributed by atoms with Crippen LogP contribution in [0.4, 0.5) is 11.4 Å². The molecule has 0 fully saturated rings. The smallest absolute Gasteiger partial charge is 0.331 e. The van der Waals surface area contributed by atoms with Gasteiger partial charge in [-0.25, -0.2) is 4.79 Å². The summed E-state index contributed by atoms with van der Waals surface area (Å²) in [7, 11) is 0. The van der Waals surface area contributed by atoms with Gasteiger partial charge in [0.25, 0.3) is 0 Å². The van der Waals surface area contributed by atoms with Crippen molar-refractivity contribution in [2.24, 2.45) is 0 Å². The second-order valence-corrected chi connectivity index (χ2v) is 4.91. The minimum Gasteiger partial charge on any atom is -0.458 e. The Morgan fingerprint density at radius 1 is 1.27 bits per heavy atom. The first-order valence-electron chi connectivity index (χ1n) is 7.19. The van der Waals surface area contributed by atoms with Crippen molar-refractivity contribution in [1.29, 1.82) is 0 Å². The molecule has 3 N–H and O–H groups in total. The zero-order chi connectivity index (χ0) is 16.4. The highest BCUT2D eigenvalue weighted by atomic mass is 16.5. The first kappa shape index (κ1) is 17.5. The number of unbranched alkanes of at least 4 members (excludes halogenated alkanes) is 1. The molecule has 0 atom stereocenters. The predicted molar refractivity (Wildman–Crippen MR) is 88.2 cm³/mol. The number of rotatable bonds is 8. The molecule has 1 rings (SSSR count).